The number of fused-ring (bicyclic) bond motifs is 1. The van der Waals surface area contributed by atoms with E-state index in [-0.39, 0.29) is 0 Å². The van der Waals surface area contributed by atoms with E-state index in [2.05, 4.69) is 0 Å². The van der Waals surface area contributed by atoms with Gasteiger partial charge in [0, 0.05) is 5.02 Å². The van der Waals surface area contributed by atoms with Crippen LogP contribution in [0.3, 0.4) is 0 Å². The Morgan fingerprint density at radius 2 is 1.58 bits per heavy atom. The van der Waals surface area contributed by atoms with Gasteiger partial charge in [0.2, 0.25) is 0 Å². The monoisotopic (exact) mass is 172 g/mol. The summed E-state index contributed by atoms with van der Waals surface area (Å²) in [4.78, 5) is 0. The molecule has 0 heterocycles. The summed E-state index contributed by atoms with van der Waals surface area (Å²) in [6, 6.07) is 11.5. The number of benzene rings is 2. The molecule has 12 heavy (non-hydrogen) atoms. The van der Waals surface area contributed by atoms with Crippen molar-refractivity contribution in [3.05, 3.63) is 41.4 Å². The zero-order valence-corrected chi connectivity index (χ0v) is 7.18. The lowest BCUT2D eigenvalue weighted by Gasteiger charge is -1.99. The molecule has 0 nitrogen and oxygen atoms in total. The van der Waals surface area contributed by atoms with E-state index in [0.29, 0.717) is 0 Å². The van der Waals surface area contributed by atoms with Gasteiger partial charge < -0.3 is 0 Å². The molecule has 0 unspecified atom stereocenters. The molecule has 0 saturated carbocycles. The second kappa shape index (κ2) is 2.83. The molecule has 0 fully saturated rings. The first-order valence-corrected chi connectivity index (χ1v) is 4.08. The highest BCUT2D eigenvalue weighted by Gasteiger charge is 1.93. The average Bonchev–Trinajstić information content (AvgIpc) is 2.05. The van der Waals surface area contributed by atoms with Gasteiger partial charge in [0.05, 0.1) is 0 Å². The van der Waals surface area contributed by atoms with Gasteiger partial charge in [-0.3, -0.25) is 0 Å². The molecule has 2 rings (SSSR count). The lowest BCUT2D eigenvalue weighted by Crippen LogP contribution is -1.99. The standard InChI is InChI=1S/C10H6BCl/c11-9-3-1-8-6-10(12)4-2-7(8)5-9/h1-6H. The van der Waals surface area contributed by atoms with Gasteiger partial charge >= 0.3 is 0 Å². The molecule has 0 N–H and O–H groups in total. The van der Waals surface area contributed by atoms with E-state index in [1.165, 1.54) is 0 Å². The molecule has 0 aromatic heterocycles. The Hall–Kier alpha value is -0.945. The molecular formula is C10H6BCl. The first kappa shape index (κ1) is 7.69. The Morgan fingerprint density at radius 3 is 2.42 bits per heavy atom. The SMILES string of the molecule is [B]c1ccc2cc(Cl)ccc2c1. The van der Waals surface area contributed by atoms with Crippen LogP contribution in [0.1, 0.15) is 0 Å². The van der Waals surface area contributed by atoms with Crippen LogP contribution >= 0.6 is 11.6 Å². The van der Waals surface area contributed by atoms with Crippen molar-refractivity contribution in [1.29, 1.82) is 0 Å². The molecular weight excluding hydrogens is 166 g/mol. The van der Waals surface area contributed by atoms with Gasteiger partial charge in [-0.1, -0.05) is 41.3 Å². The normalized spacial score (nSPS) is 10.4. The molecule has 0 atom stereocenters. The quantitative estimate of drug-likeness (QED) is 0.535. The lowest BCUT2D eigenvalue weighted by molar-refractivity contribution is 1.78. The molecule has 0 aliphatic heterocycles. The summed E-state index contributed by atoms with van der Waals surface area (Å²) in [6.45, 7) is 0. The number of hydrogen-bond acceptors (Lipinski definition) is 0. The van der Waals surface area contributed by atoms with Gasteiger partial charge in [-0.2, -0.15) is 0 Å². The molecule has 2 heteroatoms. The summed E-state index contributed by atoms with van der Waals surface area (Å²) >= 11 is 5.83. The highest BCUT2D eigenvalue weighted by Crippen LogP contribution is 2.17. The second-order valence-corrected chi connectivity index (χ2v) is 3.19. The highest BCUT2D eigenvalue weighted by molar-refractivity contribution is 6.33. The minimum atomic E-state index is 0.757. The van der Waals surface area contributed by atoms with E-state index in [1.807, 2.05) is 36.4 Å². The Balaban J connectivity index is 2.79. The van der Waals surface area contributed by atoms with E-state index in [1.54, 1.807) is 0 Å². The van der Waals surface area contributed by atoms with Crippen LogP contribution in [-0.4, -0.2) is 7.85 Å². The average molecular weight is 172 g/mol. The van der Waals surface area contributed by atoms with Crippen molar-refractivity contribution < 1.29 is 0 Å². The zero-order chi connectivity index (χ0) is 8.55. The number of hydrogen-bond donors (Lipinski definition) is 0. The Kier molecular flexibility index (Phi) is 1.82. The third-order valence-corrected chi connectivity index (χ3v) is 2.06. The van der Waals surface area contributed by atoms with Crippen molar-refractivity contribution in [1.82, 2.24) is 0 Å². The van der Waals surface area contributed by atoms with E-state index in [9.17, 15) is 0 Å². The predicted octanol–water partition coefficient (Wildman–Crippen LogP) is 2.29. The van der Waals surface area contributed by atoms with Crippen molar-refractivity contribution in [3.8, 4) is 0 Å². The molecule has 0 aliphatic rings. The molecule has 0 bridgehead atoms. The lowest BCUT2D eigenvalue weighted by atomic mass is 9.94. The summed E-state index contributed by atoms with van der Waals surface area (Å²) in [5.74, 6) is 0. The first-order valence-electron chi connectivity index (χ1n) is 3.70. The topological polar surface area (TPSA) is 0 Å². The fourth-order valence-electron chi connectivity index (χ4n) is 1.24. The third-order valence-electron chi connectivity index (χ3n) is 1.83. The summed E-state index contributed by atoms with van der Waals surface area (Å²) < 4.78 is 0. The maximum atomic E-state index is 5.83. The summed E-state index contributed by atoms with van der Waals surface area (Å²) in [5, 5.41) is 3.00. The maximum Gasteiger partial charge on any atom is 0.113 e. The molecule has 2 aromatic carbocycles. The summed E-state index contributed by atoms with van der Waals surface area (Å²) in [5.41, 5.74) is 0.782. The summed E-state index contributed by atoms with van der Waals surface area (Å²) in [7, 11) is 5.63. The Bertz CT molecular complexity index is 382. The van der Waals surface area contributed by atoms with Crippen LogP contribution in [0.2, 0.25) is 5.02 Å². The fourth-order valence-corrected chi connectivity index (χ4v) is 1.42. The van der Waals surface area contributed by atoms with Gasteiger partial charge in [0.25, 0.3) is 0 Å². The van der Waals surface area contributed by atoms with Gasteiger partial charge in [-0.25, -0.2) is 0 Å². The fraction of sp³-hybridized carbons (Fsp3) is 0. The predicted molar refractivity (Wildman–Crippen MR) is 54.3 cm³/mol. The smallest absolute Gasteiger partial charge is 0.0960 e. The minimum Gasteiger partial charge on any atom is -0.0960 e. The van der Waals surface area contributed by atoms with Gasteiger partial charge in [-0.15, -0.1) is 0 Å². The van der Waals surface area contributed by atoms with Gasteiger partial charge in [0.15, 0.2) is 0 Å². The van der Waals surface area contributed by atoms with E-state index < -0.39 is 0 Å². The number of halogens is 1. The summed E-state index contributed by atoms with van der Waals surface area (Å²) in [6.07, 6.45) is 0. The van der Waals surface area contributed by atoms with Gasteiger partial charge in [-0.05, 0) is 22.9 Å². The van der Waals surface area contributed by atoms with Crippen LogP contribution in [0.15, 0.2) is 36.4 Å². The molecule has 56 valence electrons. The maximum absolute atomic E-state index is 5.83. The Labute approximate surface area is 77.6 Å². The minimum absolute atomic E-state index is 0.757. The molecule has 2 aromatic rings. The van der Waals surface area contributed by atoms with E-state index in [0.717, 1.165) is 21.3 Å². The largest absolute Gasteiger partial charge is 0.113 e. The van der Waals surface area contributed by atoms with Crippen molar-refractivity contribution in [2.24, 2.45) is 0 Å². The molecule has 0 spiro atoms. The first-order chi connectivity index (χ1) is 5.75. The number of rotatable bonds is 0. The molecule has 0 saturated heterocycles. The van der Waals surface area contributed by atoms with Crippen LogP contribution in [0, 0.1) is 0 Å². The highest BCUT2D eigenvalue weighted by atomic mass is 35.5. The van der Waals surface area contributed by atoms with Crippen molar-refractivity contribution in [3.63, 3.8) is 0 Å². The van der Waals surface area contributed by atoms with Crippen molar-refractivity contribution >= 4 is 35.7 Å². The van der Waals surface area contributed by atoms with Crippen LogP contribution in [0.4, 0.5) is 0 Å². The van der Waals surface area contributed by atoms with Crippen LogP contribution in [0.25, 0.3) is 10.8 Å². The molecule has 0 aliphatic carbocycles. The van der Waals surface area contributed by atoms with E-state index in [4.69, 9.17) is 19.4 Å². The van der Waals surface area contributed by atoms with Crippen LogP contribution in [-0.2, 0) is 0 Å². The third kappa shape index (κ3) is 1.33. The van der Waals surface area contributed by atoms with Crippen molar-refractivity contribution in [2.75, 3.05) is 0 Å². The molecule has 0 amide bonds. The van der Waals surface area contributed by atoms with Crippen LogP contribution in [0.5, 0.6) is 0 Å². The van der Waals surface area contributed by atoms with E-state index >= 15 is 0 Å². The molecule has 2 radical (unpaired) electrons. The van der Waals surface area contributed by atoms with Crippen LogP contribution < -0.4 is 5.46 Å². The second-order valence-electron chi connectivity index (χ2n) is 2.75. The van der Waals surface area contributed by atoms with Crippen molar-refractivity contribution in [2.45, 2.75) is 0 Å². The van der Waals surface area contributed by atoms with Gasteiger partial charge in [0.1, 0.15) is 7.85 Å². The Morgan fingerprint density at radius 1 is 0.917 bits per heavy atom. The zero-order valence-electron chi connectivity index (χ0n) is 6.42.